The van der Waals surface area contributed by atoms with Crippen LogP contribution in [0.1, 0.15) is 0 Å². The highest BCUT2D eigenvalue weighted by Gasteiger charge is 1.72. The molecule has 0 radical (unpaired) electrons. The summed E-state index contributed by atoms with van der Waals surface area (Å²) in [7, 11) is 1.40. The van der Waals surface area contributed by atoms with Crippen LogP contribution in [-0.2, 0) is 15.3 Å². The van der Waals surface area contributed by atoms with Crippen molar-refractivity contribution < 1.29 is 8.39 Å². The molecular formula is C2H6O2S. The first-order valence-electron chi connectivity index (χ1n) is 1.15. The Kier molecular flexibility index (Phi) is 2.41. The van der Waals surface area contributed by atoms with Crippen molar-refractivity contribution >= 4 is 11.1 Å². The summed E-state index contributed by atoms with van der Waals surface area (Å²) in [5, 5.41) is 0. The third kappa shape index (κ3) is 4.11. The fourth-order valence-corrected chi connectivity index (χ4v) is 0. The predicted molar refractivity (Wildman–Crippen MR) is 21.1 cm³/mol. The van der Waals surface area contributed by atoms with Gasteiger partial charge in [0.15, 0.2) is 11.1 Å². The van der Waals surface area contributed by atoms with Crippen LogP contribution in [0.4, 0.5) is 0 Å². The third-order valence-corrected chi connectivity index (χ3v) is 0.704. The molecule has 0 spiro atoms. The van der Waals surface area contributed by atoms with Crippen molar-refractivity contribution in [1.82, 2.24) is 0 Å². The number of rotatable bonds is 1. The summed E-state index contributed by atoms with van der Waals surface area (Å²) >= 11 is -1.07. The molecule has 0 fully saturated rings. The molecule has 0 aromatic carbocycles. The van der Waals surface area contributed by atoms with E-state index < -0.39 is 11.1 Å². The van der Waals surface area contributed by atoms with Crippen molar-refractivity contribution in [3.63, 3.8) is 0 Å². The standard InChI is InChI=1S/C2H6O2S/c1-4-5(2)3/h1-2H3. The average Bonchev–Trinajstić information content (AvgIpc) is 1.38. The predicted octanol–water partition coefficient (Wildman–Crippen LogP) is -0.0737. The molecule has 0 saturated carbocycles. The van der Waals surface area contributed by atoms with Crippen LogP contribution in [0.15, 0.2) is 0 Å². The van der Waals surface area contributed by atoms with Crippen LogP contribution < -0.4 is 0 Å². The molecule has 0 rings (SSSR count). The summed E-state index contributed by atoms with van der Waals surface area (Å²) in [4.78, 5) is 0. The van der Waals surface area contributed by atoms with Gasteiger partial charge < -0.3 is 0 Å². The first kappa shape index (κ1) is 5.11. The minimum Gasteiger partial charge on any atom is -0.294 e. The first-order chi connectivity index (χ1) is 2.27. The maximum absolute atomic E-state index is 9.70. The van der Waals surface area contributed by atoms with Crippen LogP contribution in [0.2, 0.25) is 0 Å². The molecule has 5 heavy (non-hydrogen) atoms. The van der Waals surface area contributed by atoms with E-state index in [2.05, 4.69) is 4.18 Å². The van der Waals surface area contributed by atoms with Gasteiger partial charge in [-0.3, -0.25) is 4.18 Å². The lowest BCUT2D eigenvalue weighted by molar-refractivity contribution is 0.450. The molecule has 0 aliphatic rings. The van der Waals surface area contributed by atoms with E-state index in [4.69, 9.17) is 0 Å². The van der Waals surface area contributed by atoms with Crippen LogP contribution in [0.3, 0.4) is 0 Å². The van der Waals surface area contributed by atoms with E-state index in [1.807, 2.05) is 0 Å². The number of hydrogen-bond donors (Lipinski definition) is 0. The van der Waals surface area contributed by atoms with E-state index >= 15 is 0 Å². The highest BCUT2D eigenvalue weighted by Crippen LogP contribution is 1.65. The van der Waals surface area contributed by atoms with Crippen LogP contribution in [0, 0.1) is 0 Å². The maximum atomic E-state index is 9.70. The van der Waals surface area contributed by atoms with Gasteiger partial charge in [0.1, 0.15) is 0 Å². The van der Waals surface area contributed by atoms with E-state index in [0.29, 0.717) is 0 Å². The summed E-state index contributed by atoms with van der Waals surface area (Å²) in [5.41, 5.74) is 0. The van der Waals surface area contributed by atoms with Gasteiger partial charge in [0, 0.05) is 6.26 Å². The third-order valence-electron chi connectivity index (χ3n) is 0.235. The molecule has 1 atom stereocenters. The topological polar surface area (TPSA) is 26.3 Å². The Morgan fingerprint density at radius 3 is 2.00 bits per heavy atom. The molecule has 0 amide bonds. The minimum atomic E-state index is -1.07. The first-order valence-corrected chi connectivity index (χ1v) is 2.63. The Balaban J connectivity index is 2.85. The van der Waals surface area contributed by atoms with Crippen LogP contribution in [-0.4, -0.2) is 17.6 Å². The summed E-state index contributed by atoms with van der Waals surface area (Å²) in [6, 6.07) is 0. The lowest BCUT2D eigenvalue weighted by Gasteiger charge is -1.78. The van der Waals surface area contributed by atoms with Gasteiger partial charge >= 0.3 is 0 Å². The van der Waals surface area contributed by atoms with E-state index in [0.717, 1.165) is 0 Å². The summed E-state index contributed by atoms with van der Waals surface area (Å²) in [5.74, 6) is 0. The van der Waals surface area contributed by atoms with Gasteiger partial charge in [0.25, 0.3) is 0 Å². The fourth-order valence-electron chi connectivity index (χ4n) is 0. The second-order valence-corrected chi connectivity index (χ2v) is 1.70. The molecule has 0 aromatic rings. The van der Waals surface area contributed by atoms with Gasteiger partial charge in [-0.2, -0.15) is 0 Å². The highest BCUT2D eigenvalue weighted by molar-refractivity contribution is 7.79. The van der Waals surface area contributed by atoms with Crippen LogP contribution >= 0.6 is 0 Å². The SMILES string of the molecule is COS(C)=O. The minimum absolute atomic E-state index is 1.07. The molecule has 0 saturated heterocycles. The highest BCUT2D eigenvalue weighted by atomic mass is 32.2. The van der Waals surface area contributed by atoms with Gasteiger partial charge in [0.05, 0.1) is 7.11 Å². The van der Waals surface area contributed by atoms with Crippen molar-refractivity contribution in [2.24, 2.45) is 0 Å². The van der Waals surface area contributed by atoms with E-state index in [-0.39, 0.29) is 0 Å². The van der Waals surface area contributed by atoms with Crippen molar-refractivity contribution in [3.05, 3.63) is 0 Å². The molecule has 2 nitrogen and oxygen atoms in total. The molecular weight excluding hydrogens is 88.1 g/mol. The van der Waals surface area contributed by atoms with Crippen molar-refractivity contribution in [3.8, 4) is 0 Å². The van der Waals surface area contributed by atoms with Gasteiger partial charge in [-0.05, 0) is 0 Å². The molecule has 0 aliphatic carbocycles. The van der Waals surface area contributed by atoms with Gasteiger partial charge in [-0.15, -0.1) is 0 Å². The largest absolute Gasteiger partial charge is 0.294 e. The molecule has 0 heterocycles. The summed E-state index contributed by atoms with van der Waals surface area (Å²) in [6.45, 7) is 0. The average molecular weight is 94.1 g/mol. The second kappa shape index (κ2) is 2.35. The van der Waals surface area contributed by atoms with Crippen molar-refractivity contribution in [2.75, 3.05) is 13.4 Å². The molecule has 32 valence electrons. The van der Waals surface area contributed by atoms with Gasteiger partial charge in [-0.1, -0.05) is 0 Å². The lowest BCUT2D eigenvalue weighted by Crippen LogP contribution is -1.83. The van der Waals surface area contributed by atoms with E-state index in [1.165, 1.54) is 13.4 Å². The Morgan fingerprint density at radius 2 is 2.00 bits per heavy atom. The van der Waals surface area contributed by atoms with E-state index in [1.54, 1.807) is 0 Å². The lowest BCUT2D eigenvalue weighted by atomic mass is 11.8. The Hall–Kier alpha value is 0.110. The normalized spacial score (nSPS) is 14.8. The Bertz CT molecular complexity index is 42.9. The maximum Gasteiger partial charge on any atom is 0.151 e. The molecule has 0 aromatic heterocycles. The number of hydrogen-bond acceptors (Lipinski definition) is 2. The van der Waals surface area contributed by atoms with E-state index in [9.17, 15) is 4.21 Å². The smallest absolute Gasteiger partial charge is 0.151 e. The quantitative estimate of drug-likeness (QED) is 0.454. The summed E-state index contributed by atoms with van der Waals surface area (Å²) in [6.07, 6.45) is 1.47. The monoisotopic (exact) mass is 94.0 g/mol. The molecule has 0 bridgehead atoms. The molecule has 0 aliphatic heterocycles. The Labute approximate surface area is 33.8 Å². The zero-order chi connectivity index (χ0) is 4.28. The fraction of sp³-hybridized carbons (Fsp3) is 1.00. The van der Waals surface area contributed by atoms with Crippen LogP contribution in [0.25, 0.3) is 0 Å². The van der Waals surface area contributed by atoms with Gasteiger partial charge in [-0.25, -0.2) is 4.21 Å². The van der Waals surface area contributed by atoms with Crippen LogP contribution in [0.5, 0.6) is 0 Å². The molecule has 0 N–H and O–H groups in total. The molecule has 3 heteroatoms. The van der Waals surface area contributed by atoms with Gasteiger partial charge in [0.2, 0.25) is 0 Å². The molecule has 1 unspecified atom stereocenters. The Morgan fingerprint density at radius 1 is 1.80 bits per heavy atom. The zero-order valence-electron chi connectivity index (χ0n) is 3.22. The van der Waals surface area contributed by atoms with Crippen molar-refractivity contribution in [2.45, 2.75) is 0 Å². The zero-order valence-corrected chi connectivity index (χ0v) is 4.04. The second-order valence-electron chi connectivity index (χ2n) is 0.568. The summed E-state index contributed by atoms with van der Waals surface area (Å²) < 4.78 is 13.9. The van der Waals surface area contributed by atoms with Crippen molar-refractivity contribution in [1.29, 1.82) is 0 Å².